The van der Waals surface area contributed by atoms with Crippen LogP contribution in [0, 0.1) is 11.2 Å². The van der Waals surface area contributed by atoms with Crippen LogP contribution < -0.4 is 10.2 Å². The predicted molar refractivity (Wildman–Crippen MR) is 54.6 cm³/mol. The summed E-state index contributed by atoms with van der Waals surface area (Å²) in [6, 6.07) is 0. The molecule has 2 aromatic rings. The summed E-state index contributed by atoms with van der Waals surface area (Å²) < 4.78 is 3.34. The van der Waals surface area contributed by atoms with Crippen LogP contribution in [0.1, 0.15) is 6.92 Å². The van der Waals surface area contributed by atoms with E-state index < -0.39 is 0 Å². The smallest absolute Gasteiger partial charge is 0.318 e. The molecule has 0 spiro atoms. The second-order valence-electron chi connectivity index (χ2n) is 3.00. The number of nitrogens with two attached hydrogens (primary N) is 1. The second kappa shape index (κ2) is 3.57. The highest BCUT2D eigenvalue weighted by Gasteiger charge is 2.16. The van der Waals surface area contributed by atoms with Crippen LogP contribution in [-0.2, 0) is 6.54 Å². The van der Waals surface area contributed by atoms with Crippen LogP contribution in [0.2, 0.25) is 0 Å². The van der Waals surface area contributed by atoms with Gasteiger partial charge >= 0.3 is 7.41 Å². The molecule has 15 heavy (non-hydrogen) atoms. The van der Waals surface area contributed by atoms with Crippen LogP contribution in [0.25, 0.3) is 11.2 Å². The van der Waals surface area contributed by atoms with E-state index in [4.69, 9.17) is 11.0 Å². The molecular weight excluding hydrogens is 191 g/mol. The van der Waals surface area contributed by atoms with Crippen molar-refractivity contribution in [2.75, 3.05) is 5.73 Å². The van der Waals surface area contributed by atoms with Gasteiger partial charge in [0.2, 0.25) is 17.8 Å². The van der Waals surface area contributed by atoms with Crippen molar-refractivity contribution in [2.45, 2.75) is 13.5 Å². The van der Waals surface area contributed by atoms with Gasteiger partial charge in [0.1, 0.15) is 0 Å². The molecule has 2 N–H and O–H groups in total. The molecule has 1 radical (unpaired) electrons. The minimum atomic E-state index is 0.425. The molecule has 0 aromatic carbocycles. The van der Waals surface area contributed by atoms with Crippen molar-refractivity contribution in [2.24, 2.45) is 0 Å². The van der Waals surface area contributed by atoms with E-state index in [1.165, 1.54) is 18.2 Å². The molecule has 0 bridgehead atoms. The maximum absolute atomic E-state index is 8.53. The third-order valence-corrected chi connectivity index (χ3v) is 2.17. The normalized spacial score (nSPS) is 10.1. The highest BCUT2D eigenvalue weighted by atomic mass is 15.1. The van der Waals surface area contributed by atoms with E-state index in [1.807, 2.05) is 17.5 Å². The number of imidazole rings is 1. The minimum Gasteiger partial charge on any atom is -0.318 e. The number of hydrogen-bond donors (Lipinski definition) is 1. The fourth-order valence-electron chi connectivity index (χ4n) is 1.39. The Hall–Kier alpha value is -2.10. The molecule has 2 heterocycles. The van der Waals surface area contributed by atoms with Crippen LogP contribution in [0.3, 0.4) is 0 Å². The van der Waals surface area contributed by atoms with Crippen molar-refractivity contribution in [3.63, 3.8) is 0 Å². The van der Waals surface area contributed by atoms with Crippen LogP contribution in [0.5, 0.6) is 0 Å². The van der Waals surface area contributed by atoms with Crippen molar-refractivity contribution in [3.05, 3.63) is 12.7 Å². The zero-order valence-electron chi connectivity index (χ0n) is 8.25. The number of nitrogens with zero attached hydrogens (tertiary/aromatic N) is 5. The zero-order valence-corrected chi connectivity index (χ0v) is 8.25. The fraction of sp³-hybridized carbons (Fsp3) is 0.250. The molecule has 0 atom stereocenters. The van der Waals surface area contributed by atoms with Gasteiger partial charge < -0.3 is 10.3 Å². The van der Waals surface area contributed by atoms with E-state index >= 15 is 0 Å². The Morgan fingerprint density at radius 2 is 2.47 bits per heavy atom. The van der Waals surface area contributed by atoms with Crippen LogP contribution >= 0.6 is 0 Å². The number of fused-ring (bicyclic) bond motifs is 1. The molecule has 2 rings (SSSR count). The average molecular weight is 200 g/mol. The zero-order chi connectivity index (χ0) is 10.8. The monoisotopic (exact) mass is 200 g/mol. The van der Waals surface area contributed by atoms with E-state index in [2.05, 4.69) is 9.97 Å². The molecule has 0 amide bonds. The maximum atomic E-state index is 8.53. The Labute approximate surface area is 87.2 Å². The minimum absolute atomic E-state index is 0.425. The Morgan fingerprint density at radius 3 is 3.13 bits per heavy atom. The van der Waals surface area contributed by atoms with Crippen molar-refractivity contribution < 1.29 is 4.48 Å². The quantitative estimate of drug-likeness (QED) is 0.647. The number of anilines is 1. The van der Waals surface area contributed by atoms with E-state index in [1.54, 1.807) is 6.33 Å². The maximum Gasteiger partial charge on any atom is 0.485 e. The van der Waals surface area contributed by atoms with Gasteiger partial charge in [-0.15, -0.1) is 0 Å². The van der Waals surface area contributed by atoms with Crippen molar-refractivity contribution in [3.8, 4) is 5.97 Å². The third kappa shape index (κ3) is 1.40. The van der Waals surface area contributed by atoms with E-state index in [-0.39, 0.29) is 0 Å². The molecule has 6 nitrogen and oxygen atoms in total. The summed E-state index contributed by atoms with van der Waals surface area (Å²) in [5.74, 6) is 2.32. The summed E-state index contributed by atoms with van der Waals surface area (Å²) in [5, 5.41) is 8.53. The van der Waals surface area contributed by atoms with E-state index in [0.29, 0.717) is 11.3 Å². The summed E-state index contributed by atoms with van der Waals surface area (Å²) in [7, 11) is 1.28. The lowest BCUT2D eigenvalue weighted by Gasteiger charge is -1.98. The summed E-state index contributed by atoms with van der Waals surface area (Å²) in [5.41, 5.74) is 7.19. The molecule has 7 heteroatoms. The molecule has 73 valence electrons. The first kappa shape index (κ1) is 9.46. The highest BCUT2D eigenvalue weighted by Crippen LogP contribution is 2.12. The lowest BCUT2D eigenvalue weighted by atomic mass is 9.98. The lowest BCUT2D eigenvalue weighted by Crippen LogP contribution is -2.42. The molecule has 0 aliphatic carbocycles. The molecule has 0 aliphatic heterocycles. The first-order valence-electron chi connectivity index (χ1n) is 4.51. The Morgan fingerprint density at radius 1 is 1.67 bits per heavy atom. The van der Waals surface area contributed by atoms with Gasteiger partial charge in [0, 0.05) is 6.54 Å². The van der Waals surface area contributed by atoms with Crippen LogP contribution in [0.4, 0.5) is 5.82 Å². The van der Waals surface area contributed by atoms with E-state index in [0.717, 1.165) is 12.2 Å². The topological polar surface area (TPSA) is 84.4 Å². The SMILES string of the molecule is CCn1cnc2c(N)[n+]([B]C#N)cnc21. The summed E-state index contributed by atoms with van der Waals surface area (Å²) in [4.78, 5) is 8.35. The number of aryl methyl sites for hydroxylation is 1. The number of nitrogen functional groups attached to an aromatic ring is 1. The Kier molecular flexibility index (Phi) is 2.25. The first-order valence-corrected chi connectivity index (χ1v) is 4.51. The standard InChI is InChI=1S/C8H9BN6/c1-2-14-4-12-6-7(11)15(9-3-10)5-13-8(6)14/h4-5H,2H2,1H3,(H2,11,13)/q+1. The summed E-state index contributed by atoms with van der Waals surface area (Å²) >= 11 is 0. The van der Waals surface area contributed by atoms with Crippen LogP contribution in [0.15, 0.2) is 12.7 Å². The Bertz CT molecular complexity index is 540. The predicted octanol–water partition coefficient (Wildman–Crippen LogP) is -0.731. The summed E-state index contributed by atoms with van der Waals surface area (Å²) in [6.45, 7) is 2.79. The Balaban J connectivity index is 2.65. The molecule has 2 aromatic heterocycles. The first-order chi connectivity index (χ1) is 7.27. The molecular formula is C8H9BN6+. The number of nitriles is 1. The van der Waals surface area contributed by atoms with Gasteiger partial charge in [-0.1, -0.05) is 4.98 Å². The molecule has 0 unspecified atom stereocenters. The largest absolute Gasteiger partial charge is 0.485 e. The number of rotatable bonds is 2. The number of hydrogen-bond acceptors (Lipinski definition) is 4. The van der Waals surface area contributed by atoms with Crippen molar-refractivity contribution in [1.82, 2.24) is 14.5 Å². The highest BCUT2D eigenvalue weighted by molar-refractivity contribution is 6.35. The van der Waals surface area contributed by atoms with Gasteiger partial charge in [-0.3, -0.25) is 4.48 Å². The van der Waals surface area contributed by atoms with Gasteiger partial charge in [-0.2, -0.15) is 0 Å². The second-order valence-corrected chi connectivity index (χ2v) is 3.00. The van der Waals surface area contributed by atoms with Gasteiger partial charge in [0.05, 0.1) is 12.3 Å². The third-order valence-electron chi connectivity index (χ3n) is 2.17. The fourth-order valence-corrected chi connectivity index (χ4v) is 1.39. The summed E-state index contributed by atoms with van der Waals surface area (Å²) in [6.07, 6.45) is 3.19. The van der Waals surface area contributed by atoms with Gasteiger partial charge in [-0.25, -0.2) is 10.2 Å². The van der Waals surface area contributed by atoms with Gasteiger partial charge in [-0.05, 0) is 6.92 Å². The van der Waals surface area contributed by atoms with Gasteiger partial charge in [0.25, 0.3) is 0 Å². The average Bonchev–Trinajstić information content (AvgIpc) is 2.66. The molecule has 0 saturated heterocycles. The molecule has 0 saturated carbocycles. The van der Waals surface area contributed by atoms with E-state index in [9.17, 15) is 0 Å². The van der Waals surface area contributed by atoms with Crippen LogP contribution in [-0.4, -0.2) is 21.9 Å². The van der Waals surface area contributed by atoms with Crippen molar-refractivity contribution >= 4 is 24.4 Å². The van der Waals surface area contributed by atoms with Gasteiger partial charge in [0.15, 0.2) is 5.52 Å². The van der Waals surface area contributed by atoms with Crippen molar-refractivity contribution in [1.29, 1.82) is 5.26 Å². The lowest BCUT2D eigenvalue weighted by molar-refractivity contribution is -0.513. The molecule has 0 aliphatic rings. The molecule has 0 fully saturated rings. The number of aromatic nitrogens is 4.